The van der Waals surface area contributed by atoms with Gasteiger partial charge in [0.15, 0.2) is 0 Å². The third-order valence-corrected chi connectivity index (χ3v) is 3.60. The Bertz CT molecular complexity index is 733. The summed E-state index contributed by atoms with van der Waals surface area (Å²) in [5.74, 6) is -1.44. The quantitative estimate of drug-likeness (QED) is 0.623. The Morgan fingerprint density at radius 1 is 1.29 bits per heavy atom. The maximum absolute atomic E-state index is 13.9. The van der Waals surface area contributed by atoms with E-state index in [4.69, 9.17) is 10.9 Å². The zero-order valence-corrected chi connectivity index (χ0v) is 10.9. The van der Waals surface area contributed by atoms with Crippen LogP contribution in [-0.4, -0.2) is 20.9 Å². The van der Waals surface area contributed by atoms with Gasteiger partial charge in [0, 0.05) is 24.2 Å². The van der Waals surface area contributed by atoms with E-state index >= 15 is 0 Å². The largest absolute Gasteiger partial charge is 0.411 e. The molecule has 1 aliphatic rings. The highest BCUT2D eigenvalue weighted by molar-refractivity contribution is 6.02. The van der Waals surface area contributed by atoms with Gasteiger partial charge in [-0.15, -0.1) is 0 Å². The van der Waals surface area contributed by atoms with Gasteiger partial charge in [-0.25, -0.2) is 18.7 Å². The number of halogens is 2. The van der Waals surface area contributed by atoms with Crippen molar-refractivity contribution in [2.45, 2.75) is 18.8 Å². The zero-order chi connectivity index (χ0) is 15.0. The van der Waals surface area contributed by atoms with Crippen molar-refractivity contribution in [2.75, 3.05) is 5.73 Å². The monoisotopic (exact) mass is 290 g/mol. The second kappa shape index (κ2) is 5.08. The molecule has 2 aromatic rings. The number of hydrogen-bond donors (Lipinski definition) is 2. The summed E-state index contributed by atoms with van der Waals surface area (Å²) in [6, 6.07) is 3.45. The molecule has 21 heavy (non-hydrogen) atoms. The highest BCUT2D eigenvalue weighted by Crippen LogP contribution is 2.33. The first-order valence-corrected chi connectivity index (χ1v) is 6.36. The summed E-state index contributed by atoms with van der Waals surface area (Å²) in [6.07, 6.45) is 2.23. The minimum absolute atomic E-state index is 0.103. The van der Waals surface area contributed by atoms with Crippen LogP contribution >= 0.6 is 0 Å². The topological polar surface area (TPSA) is 84.4 Å². The first-order chi connectivity index (χ1) is 10.1. The molecule has 0 amide bonds. The van der Waals surface area contributed by atoms with E-state index in [0.717, 1.165) is 6.07 Å². The van der Waals surface area contributed by atoms with Crippen molar-refractivity contribution < 1.29 is 14.0 Å². The number of benzene rings is 1. The molecule has 1 aromatic carbocycles. The summed E-state index contributed by atoms with van der Waals surface area (Å²) in [5.41, 5.74) is 7.48. The summed E-state index contributed by atoms with van der Waals surface area (Å²) in [7, 11) is 0. The maximum Gasteiger partial charge on any atom is 0.220 e. The normalized spacial score (nSPS) is 19.5. The molecular formula is C14H12F2N4O. The van der Waals surface area contributed by atoms with Gasteiger partial charge in [-0.3, -0.25) is 0 Å². The number of nitrogens with two attached hydrogens (primary N) is 1. The van der Waals surface area contributed by atoms with Crippen molar-refractivity contribution in [1.29, 1.82) is 0 Å². The lowest BCUT2D eigenvalue weighted by atomic mass is 9.81. The number of anilines is 1. The molecule has 1 aliphatic carbocycles. The van der Waals surface area contributed by atoms with Crippen molar-refractivity contribution in [2.24, 2.45) is 5.16 Å². The minimum atomic E-state index is -0.630. The molecule has 1 heterocycles. The van der Waals surface area contributed by atoms with Gasteiger partial charge in [0.2, 0.25) is 5.95 Å². The summed E-state index contributed by atoms with van der Waals surface area (Å²) < 4.78 is 26.9. The average molecular weight is 290 g/mol. The predicted octanol–water partition coefficient (Wildman–Crippen LogP) is 2.25. The zero-order valence-electron chi connectivity index (χ0n) is 10.9. The van der Waals surface area contributed by atoms with Crippen LogP contribution in [0.3, 0.4) is 0 Å². The van der Waals surface area contributed by atoms with Crippen LogP contribution in [0.15, 0.2) is 29.6 Å². The number of aromatic nitrogens is 2. The highest BCUT2D eigenvalue weighted by atomic mass is 19.1. The van der Waals surface area contributed by atoms with Gasteiger partial charge in [-0.05, 0) is 24.0 Å². The molecular weight excluding hydrogens is 278 g/mol. The Morgan fingerprint density at radius 3 is 2.81 bits per heavy atom. The lowest BCUT2D eigenvalue weighted by molar-refractivity contribution is 0.316. The number of fused-ring (bicyclic) bond motifs is 1. The molecule has 0 saturated heterocycles. The Kier molecular flexibility index (Phi) is 3.25. The average Bonchev–Trinajstić information content (AvgIpc) is 2.45. The molecule has 0 aliphatic heterocycles. The number of rotatable bonds is 1. The second-order valence-corrected chi connectivity index (χ2v) is 4.91. The molecule has 0 bridgehead atoms. The first kappa shape index (κ1) is 13.4. The number of nitrogen functional groups attached to an aromatic ring is 1. The Morgan fingerprint density at radius 2 is 2.10 bits per heavy atom. The van der Waals surface area contributed by atoms with Crippen molar-refractivity contribution in [1.82, 2.24) is 9.97 Å². The SMILES string of the molecule is Nc1ncc2c(n1)CC(c1ccc(F)cc1F)C/C2=N/O. The van der Waals surface area contributed by atoms with E-state index in [1.165, 1.54) is 18.3 Å². The fourth-order valence-electron chi connectivity index (χ4n) is 2.63. The van der Waals surface area contributed by atoms with Crippen LogP contribution in [0.2, 0.25) is 0 Å². The number of nitrogens with zero attached hydrogens (tertiary/aromatic N) is 3. The highest BCUT2D eigenvalue weighted by Gasteiger charge is 2.28. The molecule has 0 radical (unpaired) electrons. The van der Waals surface area contributed by atoms with Crippen LogP contribution in [-0.2, 0) is 6.42 Å². The molecule has 1 atom stereocenters. The van der Waals surface area contributed by atoms with Gasteiger partial charge in [0.1, 0.15) is 11.6 Å². The third-order valence-electron chi connectivity index (χ3n) is 3.60. The van der Waals surface area contributed by atoms with Crippen LogP contribution in [0.1, 0.15) is 29.2 Å². The van der Waals surface area contributed by atoms with E-state index in [1.54, 1.807) is 0 Å². The second-order valence-electron chi connectivity index (χ2n) is 4.91. The van der Waals surface area contributed by atoms with E-state index in [2.05, 4.69) is 15.1 Å². The molecule has 0 saturated carbocycles. The van der Waals surface area contributed by atoms with Gasteiger partial charge in [-0.2, -0.15) is 0 Å². The van der Waals surface area contributed by atoms with Crippen molar-refractivity contribution in [3.63, 3.8) is 0 Å². The molecule has 1 aromatic heterocycles. The van der Waals surface area contributed by atoms with Crippen molar-refractivity contribution in [3.8, 4) is 0 Å². The summed E-state index contributed by atoms with van der Waals surface area (Å²) in [4.78, 5) is 7.98. The van der Waals surface area contributed by atoms with Gasteiger partial charge in [0.05, 0.1) is 11.4 Å². The number of oxime groups is 1. The van der Waals surface area contributed by atoms with Crippen LogP contribution in [0.5, 0.6) is 0 Å². The first-order valence-electron chi connectivity index (χ1n) is 6.36. The minimum Gasteiger partial charge on any atom is -0.411 e. The Balaban J connectivity index is 2.04. The smallest absolute Gasteiger partial charge is 0.220 e. The van der Waals surface area contributed by atoms with E-state index in [1.807, 2.05) is 0 Å². The summed E-state index contributed by atoms with van der Waals surface area (Å²) in [6.45, 7) is 0. The standard InChI is InChI=1S/C14H12F2N4O/c15-8-1-2-9(11(16)5-8)7-3-12-10(13(4-7)20-21)6-18-14(17)19-12/h1-2,5-7,21H,3-4H2,(H2,17,18,19)/b20-13-. The molecule has 3 rings (SSSR count). The van der Waals surface area contributed by atoms with Crippen molar-refractivity contribution >= 4 is 11.7 Å². The lowest BCUT2D eigenvalue weighted by Gasteiger charge is -2.24. The van der Waals surface area contributed by atoms with Gasteiger partial charge in [-0.1, -0.05) is 11.2 Å². The van der Waals surface area contributed by atoms with Crippen LogP contribution < -0.4 is 5.73 Å². The van der Waals surface area contributed by atoms with Crippen LogP contribution in [0.4, 0.5) is 14.7 Å². The van der Waals surface area contributed by atoms with E-state index < -0.39 is 11.6 Å². The fraction of sp³-hybridized carbons (Fsp3) is 0.214. The van der Waals surface area contributed by atoms with Crippen molar-refractivity contribution in [3.05, 3.63) is 52.9 Å². The Hall–Kier alpha value is -2.57. The molecule has 7 heteroatoms. The molecule has 0 fully saturated rings. The van der Waals surface area contributed by atoms with E-state index in [0.29, 0.717) is 35.4 Å². The van der Waals surface area contributed by atoms with Crippen LogP contribution in [0, 0.1) is 11.6 Å². The third kappa shape index (κ3) is 2.42. The van der Waals surface area contributed by atoms with Gasteiger partial charge >= 0.3 is 0 Å². The molecule has 108 valence electrons. The number of hydrogen-bond acceptors (Lipinski definition) is 5. The van der Waals surface area contributed by atoms with Gasteiger partial charge in [0.25, 0.3) is 0 Å². The van der Waals surface area contributed by atoms with E-state index in [9.17, 15) is 8.78 Å². The molecule has 3 N–H and O–H groups in total. The van der Waals surface area contributed by atoms with Crippen LogP contribution in [0.25, 0.3) is 0 Å². The van der Waals surface area contributed by atoms with E-state index in [-0.39, 0.29) is 11.9 Å². The molecule has 5 nitrogen and oxygen atoms in total. The predicted molar refractivity (Wildman–Crippen MR) is 72.2 cm³/mol. The molecule has 1 unspecified atom stereocenters. The molecule has 0 spiro atoms. The fourth-order valence-corrected chi connectivity index (χ4v) is 2.63. The summed E-state index contributed by atoms with van der Waals surface area (Å²) >= 11 is 0. The maximum atomic E-state index is 13.9. The lowest BCUT2D eigenvalue weighted by Crippen LogP contribution is -2.22. The van der Waals surface area contributed by atoms with Gasteiger partial charge < -0.3 is 10.9 Å². The Labute approximate surface area is 119 Å². The summed E-state index contributed by atoms with van der Waals surface area (Å²) in [5, 5.41) is 12.4.